The SMILES string of the molecule is Cc1cc(C)c2nc(NC(=O)c3sc(COc4ccc(F)cc4)nc3C)sc2c1. The number of hydrogen-bond donors (Lipinski definition) is 1. The Morgan fingerprint density at radius 1 is 1.10 bits per heavy atom. The number of hydrogen-bond acceptors (Lipinski definition) is 6. The number of halogens is 1. The van der Waals surface area contributed by atoms with E-state index in [0.717, 1.165) is 15.8 Å². The molecular formula is C21H18FN3O2S2. The summed E-state index contributed by atoms with van der Waals surface area (Å²) in [6.07, 6.45) is 0. The lowest BCUT2D eigenvalue weighted by Crippen LogP contribution is -2.11. The van der Waals surface area contributed by atoms with Gasteiger partial charge >= 0.3 is 0 Å². The van der Waals surface area contributed by atoms with E-state index >= 15 is 0 Å². The normalized spacial score (nSPS) is 11.0. The molecule has 4 aromatic rings. The lowest BCUT2D eigenvalue weighted by Gasteiger charge is -2.03. The Labute approximate surface area is 175 Å². The van der Waals surface area contributed by atoms with E-state index in [0.29, 0.717) is 26.5 Å². The maximum Gasteiger partial charge on any atom is 0.269 e. The zero-order valence-electron chi connectivity index (χ0n) is 16.1. The Bertz CT molecular complexity index is 1200. The zero-order chi connectivity index (χ0) is 20.5. The van der Waals surface area contributed by atoms with Gasteiger partial charge in [-0.3, -0.25) is 10.1 Å². The van der Waals surface area contributed by atoms with Crippen LogP contribution in [-0.4, -0.2) is 15.9 Å². The second-order valence-electron chi connectivity index (χ2n) is 6.67. The molecule has 2 aromatic carbocycles. The molecule has 0 aliphatic heterocycles. The summed E-state index contributed by atoms with van der Waals surface area (Å²) in [6.45, 7) is 6.06. The Hall–Kier alpha value is -2.84. The third-order valence-corrected chi connectivity index (χ3v) is 6.32. The summed E-state index contributed by atoms with van der Waals surface area (Å²) in [4.78, 5) is 22.2. The van der Waals surface area contributed by atoms with E-state index in [1.54, 1.807) is 19.1 Å². The van der Waals surface area contributed by atoms with Gasteiger partial charge in [0.2, 0.25) is 0 Å². The molecule has 0 fully saturated rings. The third kappa shape index (κ3) is 4.28. The van der Waals surface area contributed by atoms with Gasteiger partial charge in [-0.25, -0.2) is 14.4 Å². The van der Waals surface area contributed by atoms with Crippen LogP contribution in [0.25, 0.3) is 10.2 Å². The summed E-state index contributed by atoms with van der Waals surface area (Å²) in [5.74, 6) is -0.00606. The lowest BCUT2D eigenvalue weighted by atomic mass is 10.1. The van der Waals surface area contributed by atoms with Crippen molar-refractivity contribution in [2.75, 3.05) is 5.32 Å². The number of carbonyl (C=O) groups is 1. The Morgan fingerprint density at radius 2 is 1.86 bits per heavy atom. The summed E-state index contributed by atoms with van der Waals surface area (Å²) in [7, 11) is 0. The first-order chi connectivity index (χ1) is 13.9. The van der Waals surface area contributed by atoms with Crippen molar-refractivity contribution in [2.45, 2.75) is 27.4 Å². The minimum Gasteiger partial charge on any atom is -0.486 e. The van der Waals surface area contributed by atoms with Crippen molar-refractivity contribution >= 4 is 43.9 Å². The molecule has 4 rings (SSSR count). The van der Waals surface area contributed by atoms with Crippen molar-refractivity contribution in [3.8, 4) is 5.75 Å². The van der Waals surface area contributed by atoms with Crippen LogP contribution in [0, 0.1) is 26.6 Å². The van der Waals surface area contributed by atoms with E-state index in [2.05, 4.69) is 27.4 Å². The molecule has 0 aliphatic carbocycles. The fourth-order valence-electron chi connectivity index (χ4n) is 2.98. The van der Waals surface area contributed by atoms with Gasteiger partial charge in [0.1, 0.15) is 28.1 Å². The zero-order valence-corrected chi connectivity index (χ0v) is 17.7. The fraction of sp³-hybridized carbons (Fsp3) is 0.190. The van der Waals surface area contributed by atoms with E-state index in [1.807, 2.05) is 13.8 Å². The average Bonchev–Trinajstić information content (AvgIpc) is 3.24. The number of nitrogens with zero attached hydrogens (tertiary/aromatic N) is 2. The molecule has 1 N–H and O–H groups in total. The van der Waals surface area contributed by atoms with Gasteiger partial charge < -0.3 is 4.74 Å². The average molecular weight is 428 g/mol. The van der Waals surface area contributed by atoms with Crippen molar-refractivity contribution in [2.24, 2.45) is 0 Å². The fourth-order valence-corrected chi connectivity index (χ4v) is 4.89. The van der Waals surface area contributed by atoms with Crippen molar-refractivity contribution in [3.63, 3.8) is 0 Å². The van der Waals surface area contributed by atoms with Crippen LogP contribution in [0.5, 0.6) is 5.75 Å². The molecule has 0 spiro atoms. The van der Waals surface area contributed by atoms with Crippen LogP contribution in [0.4, 0.5) is 9.52 Å². The minimum absolute atomic E-state index is 0.212. The summed E-state index contributed by atoms with van der Waals surface area (Å²) >= 11 is 2.73. The smallest absolute Gasteiger partial charge is 0.269 e. The minimum atomic E-state index is -0.318. The molecule has 0 bridgehead atoms. The molecule has 0 radical (unpaired) electrons. The van der Waals surface area contributed by atoms with Crippen LogP contribution in [0.2, 0.25) is 0 Å². The first kappa shape index (κ1) is 19.5. The molecule has 1 amide bonds. The number of anilines is 1. The molecule has 0 atom stereocenters. The van der Waals surface area contributed by atoms with Gasteiger partial charge in [-0.2, -0.15) is 0 Å². The number of aryl methyl sites for hydroxylation is 3. The highest BCUT2D eigenvalue weighted by atomic mass is 32.1. The monoisotopic (exact) mass is 427 g/mol. The number of ether oxygens (including phenoxy) is 1. The number of rotatable bonds is 5. The molecular weight excluding hydrogens is 409 g/mol. The van der Waals surface area contributed by atoms with Gasteiger partial charge in [0, 0.05) is 0 Å². The van der Waals surface area contributed by atoms with Crippen LogP contribution >= 0.6 is 22.7 Å². The van der Waals surface area contributed by atoms with Gasteiger partial charge in [0.15, 0.2) is 5.13 Å². The molecule has 0 saturated heterocycles. The van der Waals surface area contributed by atoms with Gasteiger partial charge in [0.05, 0.1) is 15.9 Å². The topological polar surface area (TPSA) is 64.1 Å². The molecule has 5 nitrogen and oxygen atoms in total. The molecule has 0 unspecified atom stereocenters. The molecule has 148 valence electrons. The number of benzene rings is 2. The molecule has 29 heavy (non-hydrogen) atoms. The Morgan fingerprint density at radius 3 is 2.62 bits per heavy atom. The summed E-state index contributed by atoms with van der Waals surface area (Å²) in [6, 6.07) is 9.93. The maximum absolute atomic E-state index is 13.0. The first-order valence-corrected chi connectivity index (χ1v) is 10.6. The Kier molecular flexibility index (Phi) is 5.29. The van der Waals surface area contributed by atoms with E-state index < -0.39 is 0 Å². The first-order valence-electron chi connectivity index (χ1n) is 8.93. The summed E-state index contributed by atoms with van der Waals surface area (Å²) < 4.78 is 19.6. The number of thiazole rings is 2. The van der Waals surface area contributed by atoms with E-state index in [4.69, 9.17) is 4.74 Å². The highest BCUT2D eigenvalue weighted by molar-refractivity contribution is 7.22. The maximum atomic E-state index is 13.0. The standard InChI is InChI=1S/C21H18FN3O2S2/c1-11-8-12(2)18-16(9-11)28-21(24-18)25-20(26)19-13(3)23-17(29-19)10-27-15-6-4-14(22)5-7-15/h4-9H,10H2,1-3H3,(H,24,25,26). The molecule has 0 saturated carbocycles. The highest BCUT2D eigenvalue weighted by Crippen LogP contribution is 2.30. The van der Waals surface area contributed by atoms with Crippen LogP contribution in [-0.2, 0) is 6.61 Å². The van der Waals surface area contributed by atoms with Crippen molar-refractivity contribution < 1.29 is 13.9 Å². The number of nitrogens with one attached hydrogen (secondary N) is 1. The molecule has 2 aromatic heterocycles. The van der Waals surface area contributed by atoms with Crippen LogP contribution < -0.4 is 10.1 Å². The number of amides is 1. The van der Waals surface area contributed by atoms with Crippen molar-refractivity contribution in [1.29, 1.82) is 0 Å². The van der Waals surface area contributed by atoms with Crippen LogP contribution in [0.1, 0.15) is 31.5 Å². The predicted molar refractivity (Wildman–Crippen MR) is 115 cm³/mol. The Balaban J connectivity index is 1.47. The van der Waals surface area contributed by atoms with E-state index in [1.165, 1.54) is 40.4 Å². The lowest BCUT2D eigenvalue weighted by molar-refractivity contribution is 0.103. The second kappa shape index (κ2) is 7.88. The van der Waals surface area contributed by atoms with Gasteiger partial charge in [-0.1, -0.05) is 17.4 Å². The predicted octanol–water partition coefficient (Wildman–Crippen LogP) is 5.65. The van der Waals surface area contributed by atoms with E-state index in [-0.39, 0.29) is 18.3 Å². The van der Waals surface area contributed by atoms with Gasteiger partial charge in [-0.05, 0) is 62.2 Å². The summed E-state index contributed by atoms with van der Waals surface area (Å²) in [5, 5.41) is 4.12. The molecule has 0 aliphatic rings. The van der Waals surface area contributed by atoms with Crippen molar-refractivity contribution in [3.05, 3.63) is 68.9 Å². The second-order valence-corrected chi connectivity index (χ2v) is 8.78. The van der Waals surface area contributed by atoms with Crippen LogP contribution in [0.3, 0.4) is 0 Å². The van der Waals surface area contributed by atoms with E-state index in [9.17, 15) is 9.18 Å². The van der Waals surface area contributed by atoms with Gasteiger partial charge in [-0.15, -0.1) is 11.3 Å². The number of aromatic nitrogens is 2. The summed E-state index contributed by atoms with van der Waals surface area (Å²) in [5.41, 5.74) is 3.80. The number of carbonyl (C=O) groups excluding carboxylic acids is 1. The third-order valence-electron chi connectivity index (χ3n) is 4.27. The largest absolute Gasteiger partial charge is 0.486 e. The molecule has 2 heterocycles. The van der Waals surface area contributed by atoms with Crippen LogP contribution in [0.15, 0.2) is 36.4 Å². The van der Waals surface area contributed by atoms with Gasteiger partial charge in [0.25, 0.3) is 5.91 Å². The quantitative estimate of drug-likeness (QED) is 0.447. The molecule has 8 heteroatoms. The highest BCUT2D eigenvalue weighted by Gasteiger charge is 2.18. The number of fused-ring (bicyclic) bond motifs is 1. The van der Waals surface area contributed by atoms with Crippen molar-refractivity contribution in [1.82, 2.24) is 9.97 Å².